The zero-order valence-electron chi connectivity index (χ0n) is 16.4. The quantitative estimate of drug-likeness (QED) is 0.634. The predicted molar refractivity (Wildman–Crippen MR) is 108 cm³/mol. The maximum absolute atomic E-state index is 14.5. The fourth-order valence-electron chi connectivity index (χ4n) is 4.31. The number of carbonyl (C=O) groups excluding carboxylic acids is 1. The monoisotopic (exact) mass is 407 g/mol. The molecule has 1 aliphatic heterocycles. The van der Waals surface area contributed by atoms with Crippen LogP contribution in [-0.2, 0) is 11.3 Å². The number of fused-ring (bicyclic) bond motifs is 3. The number of nitrogens with one attached hydrogen (secondary N) is 1. The van der Waals surface area contributed by atoms with Gasteiger partial charge in [0.1, 0.15) is 11.5 Å². The summed E-state index contributed by atoms with van der Waals surface area (Å²) < 4.78 is 16.0. The van der Waals surface area contributed by atoms with Gasteiger partial charge in [-0.1, -0.05) is 36.4 Å². The normalized spacial score (nSPS) is 23.5. The summed E-state index contributed by atoms with van der Waals surface area (Å²) in [5.74, 6) is 0.0789. The van der Waals surface area contributed by atoms with Crippen molar-refractivity contribution in [2.24, 2.45) is 5.92 Å². The Bertz CT molecular complexity index is 1090. The summed E-state index contributed by atoms with van der Waals surface area (Å²) in [5.41, 5.74) is 1.90. The third-order valence-electron chi connectivity index (χ3n) is 5.93. The maximum Gasteiger partial charge on any atom is 0.245 e. The van der Waals surface area contributed by atoms with Crippen LogP contribution in [0.25, 0.3) is 0 Å². The molecule has 0 saturated heterocycles. The van der Waals surface area contributed by atoms with Crippen molar-refractivity contribution in [1.82, 2.24) is 20.1 Å². The molecule has 4 atom stereocenters. The van der Waals surface area contributed by atoms with Crippen LogP contribution >= 0.6 is 0 Å². The van der Waals surface area contributed by atoms with Crippen LogP contribution in [0.2, 0.25) is 0 Å². The van der Waals surface area contributed by atoms with E-state index in [1.807, 2.05) is 42.5 Å². The molecule has 0 radical (unpaired) electrons. The van der Waals surface area contributed by atoms with Gasteiger partial charge in [0.05, 0.1) is 18.8 Å². The van der Waals surface area contributed by atoms with Gasteiger partial charge in [0, 0.05) is 13.2 Å². The summed E-state index contributed by atoms with van der Waals surface area (Å²) in [6, 6.07) is 12.8. The van der Waals surface area contributed by atoms with E-state index in [4.69, 9.17) is 0 Å². The number of carbonyl (C=O) groups is 1. The lowest BCUT2D eigenvalue weighted by atomic mass is 10.1. The molecule has 1 aliphatic carbocycles. The van der Waals surface area contributed by atoms with E-state index in [9.17, 15) is 14.3 Å². The number of aliphatic hydroxyl groups excluding tert-OH is 1. The lowest BCUT2D eigenvalue weighted by molar-refractivity contribution is -0.121. The molecule has 1 saturated carbocycles. The summed E-state index contributed by atoms with van der Waals surface area (Å²) >= 11 is 0. The number of rotatable bonds is 5. The molecule has 2 N–H and O–H groups in total. The second kappa shape index (κ2) is 7.30. The SMILES string of the molecule is CN1C(=O)[C@@H](NC(O)c2nn(Cc3ccccc3)cc2F)[C@H]2C[C@H]2c2cccnc21. The van der Waals surface area contributed by atoms with Gasteiger partial charge in [-0.25, -0.2) is 9.37 Å². The van der Waals surface area contributed by atoms with E-state index in [2.05, 4.69) is 15.4 Å². The van der Waals surface area contributed by atoms with Gasteiger partial charge in [0.15, 0.2) is 12.0 Å². The summed E-state index contributed by atoms with van der Waals surface area (Å²) in [5, 5.41) is 17.8. The van der Waals surface area contributed by atoms with Crippen molar-refractivity contribution >= 4 is 11.7 Å². The lowest BCUT2D eigenvalue weighted by Crippen LogP contribution is -2.47. The molecular formula is C22H22FN5O2. The number of benzene rings is 1. The molecule has 2 aromatic heterocycles. The first-order valence-corrected chi connectivity index (χ1v) is 9.96. The molecule has 154 valence electrons. The zero-order valence-corrected chi connectivity index (χ0v) is 16.4. The van der Waals surface area contributed by atoms with Crippen LogP contribution in [0, 0.1) is 11.7 Å². The molecule has 30 heavy (non-hydrogen) atoms. The number of hydrogen-bond acceptors (Lipinski definition) is 5. The molecule has 5 rings (SSSR count). The van der Waals surface area contributed by atoms with Crippen molar-refractivity contribution < 1.29 is 14.3 Å². The lowest BCUT2D eigenvalue weighted by Gasteiger charge is -2.24. The topological polar surface area (TPSA) is 83.3 Å². The Morgan fingerprint density at radius 2 is 2.07 bits per heavy atom. The molecule has 3 aromatic rings. The average Bonchev–Trinajstić information content (AvgIpc) is 3.47. The first-order valence-electron chi connectivity index (χ1n) is 9.96. The Labute approximate surface area is 173 Å². The van der Waals surface area contributed by atoms with Crippen LogP contribution < -0.4 is 10.2 Å². The minimum absolute atomic E-state index is 0.0366. The molecule has 0 spiro atoms. The van der Waals surface area contributed by atoms with Gasteiger partial charge < -0.3 is 5.11 Å². The van der Waals surface area contributed by atoms with Crippen molar-refractivity contribution in [3.63, 3.8) is 0 Å². The Morgan fingerprint density at radius 3 is 2.87 bits per heavy atom. The number of hydrogen-bond donors (Lipinski definition) is 2. The van der Waals surface area contributed by atoms with E-state index in [1.165, 1.54) is 15.8 Å². The van der Waals surface area contributed by atoms with Crippen molar-refractivity contribution in [3.8, 4) is 0 Å². The Kier molecular flexibility index (Phi) is 4.60. The van der Waals surface area contributed by atoms with Crippen LogP contribution in [0.15, 0.2) is 54.9 Å². The molecule has 3 heterocycles. The molecule has 7 nitrogen and oxygen atoms in total. The van der Waals surface area contributed by atoms with E-state index in [-0.39, 0.29) is 23.4 Å². The Hall–Kier alpha value is -3.10. The smallest absolute Gasteiger partial charge is 0.245 e. The number of aromatic nitrogens is 3. The second-order valence-corrected chi connectivity index (χ2v) is 7.91. The molecule has 8 heteroatoms. The van der Waals surface area contributed by atoms with E-state index >= 15 is 0 Å². The molecule has 1 aromatic carbocycles. The molecule has 1 unspecified atom stereocenters. The van der Waals surface area contributed by atoms with Crippen LogP contribution in [0.1, 0.15) is 35.4 Å². The van der Waals surface area contributed by atoms with E-state index in [0.29, 0.717) is 12.4 Å². The predicted octanol–water partition coefficient (Wildman–Crippen LogP) is 2.19. The largest absolute Gasteiger partial charge is 0.372 e. The summed E-state index contributed by atoms with van der Waals surface area (Å²) in [6.07, 6.45) is 2.36. The van der Waals surface area contributed by atoms with Gasteiger partial charge in [0.25, 0.3) is 0 Å². The van der Waals surface area contributed by atoms with E-state index in [1.54, 1.807) is 13.2 Å². The first kappa shape index (κ1) is 18.9. The molecule has 1 fully saturated rings. The minimum Gasteiger partial charge on any atom is -0.372 e. The standard InChI is InChI=1S/C22H22FN5O2/c1-27-20-14(8-5-9-24-20)15-10-16(15)18(22(27)30)25-21(29)19-17(23)12-28(26-19)11-13-6-3-2-4-7-13/h2-9,12,15-16,18,21,25,29H,10-11H2,1H3/t15-,16-,18-,21?/m0/s1. The summed E-state index contributed by atoms with van der Waals surface area (Å²) in [6.45, 7) is 0.390. The van der Waals surface area contributed by atoms with Gasteiger partial charge in [0.2, 0.25) is 5.91 Å². The number of likely N-dealkylation sites (N-methyl/N-ethyl adjacent to an activating group) is 1. The van der Waals surface area contributed by atoms with Crippen LogP contribution in [-0.4, -0.2) is 38.9 Å². The third-order valence-corrected chi connectivity index (χ3v) is 5.93. The van der Waals surface area contributed by atoms with E-state index < -0.39 is 18.1 Å². The van der Waals surface area contributed by atoms with Gasteiger partial charge in [-0.05, 0) is 35.4 Å². The van der Waals surface area contributed by atoms with Gasteiger partial charge in [-0.15, -0.1) is 0 Å². The molecule has 1 amide bonds. The highest BCUT2D eigenvalue weighted by atomic mass is 19.1. The fourth-order valence-corrected chi connectivity index (χ4v) is 4.31. The van der Waals surface area contributed by atoms with E-state index in [0.717, 1.165) is 17.5 Å². The number of aliphatic hydroxyl groups is 1. The van der Waals surface area contributed by atoms with Crippen LogP contribution in [0.4, 0.5) is 10.2 Å². The van der Waals surface area contributed by atoms with Crippen LogP contribution in [0.3, 0.4) is 0 Å². The van der Waals surface area contributed by atoms with Crippen LogP contribution in [0.5, 0.6) is 0 Å². The minimum atomic E-state index is -1.39. The highest BCUT2D eigenvalue weighted by Crippen LogP contribution is 2.54. The van der Waals surface area contributed by atoms with Crippen molar-refractivity contribution in [2.75, 3.05) is 11.9 Å². The number of halogens is 1. The Balaban J connectivity index is 1.35. The number of amides is 1. The Morgan fingerprint density at radius 1 is 1.27 bits per heavy atom. The molecule has 2 aliphatic rings. The fraction of sp³-hybridized carbons (Fsp3) is 0.318. The zero-order chi connectivity index (χ0) is 20.8. The van der Waals surface area contributed by atoms with Gasteiger partial charge >= 0.3 is 0 Å². The second-order valence-electron chi connectivity index (χ2n) is 7.91. The van der Waals surface area contributed by atoms with Crippen molar-refractivity contribution in [3.05, 3.63) is 77.5 Å². The first-order chi connectivity index (χ1) is 14.5. The number of pyridine rings is 1. The highest BCUT2D eigenvalue weighted by Gasteiger charge is 2.52. The molecule has 0 bridgehead atoms. The third kappa shape index (κ3) is 3.28. The van der Waals surface area contributed by atoms with Crippen molar-refractivity contribution in [2.45, 2.75) is 31.2 Å². The summed E-state index contributed by atoms with van der Waals surface area (Å²) in [7, 11) is 1.68. The maximum atomic E-state index is 14.5. The number of nitrogens with zero attached hydrogens (tertiary/aromatic N) is 4. The van der Waals surface area contributed by atoms with Crippen molar-refractivity contribution in [1.29, 1.82) is 0 Å². The average molecular weight is 407 g/mol. The molecular weight excluding hydrogens is 385 g/mol. The van der Waals surface area contributed by atoms with Gasteiger partial charge in [-0.2, -0.15) is 5.10 Å². The summed E-state index contributed by atoms with van der Waals surface area (Å²) in [4.78, 5) is 18.9. The van der Waals surface area contributed by atoms with Gasteiger partial charge in [-0.3, -0.25) is 19.7 Å². The highest BCUT2D eigenvalue weighted by molar-refractivity contribution is 5.98. The number of anilines is 1.